The van der Waals surface area contributed by atoms with E-state index in [2.05, 4.69) is 30.9 Å². The summed E-state index contributed by atoms with van der Waals surface area (Å²) in [5, 5.41) is 0. The highest BCUT2D eigenvalue weighted by Gasteiger charge is 2.15. The Morgan fingerprint density at radius 2 is 1.70 bits per heavy atom. The summed E-state index contributed by atoms with van der Waals surface area (Å²) < 4.78 is 13.1. The molecule has 0 aliphatic heterocycles. The highest BCUT2D eigenvalue weighted by molar-refractivity contribution is 5.67. The molecule has 2 rings (SSSR count). The minimum Gasteiger partial charge on any atom is -0.341 e. The van der Waals surface area contributed by atoms with Gasteiger partial charge in [-0.2, -0.15) is 0 Å². The predicted octanol–water partition coefficient (Wildman–Crippen LogP) is 4.39. The van der Waals surface area contributed by atoms with Crippen LogP contribution in [0.2, 0.25) is 0 Å². The second-order valence-electron chi connectivity index (χ2n) is 4.79. The standard InChI is InChI=1S/C17H21FN2/c1-3-16(19)15-7-5-6-8-17(15)20(4-2)14-11-9-13(18)10-12-14/h5-12,16H,3-4,19H2,1-2H3. The molecule has 2 aromatic carbocycles. The number of hydrogen-bond acceptors (Lipinski definition) is 2. The van der Waals surface area contributed by atoms with Crippen LogP contribution in [0.3, 0.4) is 0 Å². The Balaban J connectivity index is 2.44. The van der Waals surface area contributed by atoms with Crippen molar-refractivity contribution in [2.45, 2.75) is 26.3 Å². The van der Waals surface area contributed by atoms with E-state index in [1.54, 1.807) is 12.1 Å². The molecule has 0 fully saturated rings. The summed E-state index contributed by atoms with van der Waals surface area (Å²) in [5.74, 6) is -0.219. The smallest absolute Gasteiger partial charge is 0.123 e. The second-order valence-corrected chi connectivity index (χ2v) is 4.79. The van der Waals surface area contributed by atoms with Crippen LogP contribution in [0.25, 0.3) is 0 Å². The maximum absolute atomic E-state index is 13.1. The van der Waals surface area contributed by atoms with E-state index >= 15 is 0 Å². The van der Waals surface area contributed by atoms with Crippen molar-refractivity contribution < 1.29 is 4.39 Å². The third-order valence-corrected chi connectivity index (χ3v) is 3.52. The minimum absolute atomic E-state index is 0.0145. The molecule has 0 saturated heterocycles. The third-order valence-electron chi connectivity index (χ3n) is 3.52. The van der Waals surface area contributed by atoms with Crippen molar-refractivity contribution in [3.05, 3.63) is 59.9 Å². The number of para-hydroxylation sites is 1. The van der Waals surface area contributed by atoms with Gasteiger partial charge in [-0.25, -0.2) is 4.39 Å². The molecule has 0 radical (unpaired) electrons. The molecular formula is C17H21FN2. The molecular weight excluding hydrogens is 251 g/mol. The summed E-state index contributed by atoms with van der Waals surface area (Å²) in [6.07, 6.45) is 0.887. The lowest BCUT2D eigenvalue weighted by molar-refractivity contribution is 0.627. The van der Waals surface area contributed by atoms with Gasteiger partial charge in [0.2, 0.25) is 0 Å². The fraction of sp³-hybridized carbons (Fsp3) is 0.294. The van der Waals surface area contributed by atoms with Crippen LogP contribution in [-0.2, 0) is 0 Å². The molecule has 3 heteroatoms. The van der Waals surface area contributed by atoms with Crippen molar-refractivity contribution in [1.82, 2.24) is 0 Å². The molecule has 0 aliphatic carbocycles. The minimum atomic E-state index is -0.219. The van der Waals surface area contributed by atoms with E-state index in [1.165, 1.54) is 12.1 Å². The van der Waals surface area contributed by atoms with E-state index in [-0.39, 0.29) is 11.9 Å². The van der Waals surface area contributed by atoms with Crippen LogP contribution in [0.4, 0.5) is 15.8 Å². The number of anilines is 2. The quantitative estimate of drug-likeness (QED) is 0.874. The fourth-order valence-electron chi connectivity index (χ4n) is 2.38. The van der Waals surface area contributed by atoms with Crippen LogP contribution in [0, 0.1) is 5.82 Å². The molecule has 0 aromatic heterocycles. The Morgan fingerprint density at radius 1 is 1.05 bits per heavy atom. The van der Waals surface area contributed by atoms with Gasteiger partial charge in [0.15, 0.2) is 0 Å². The van der Waals surface area contributed by atoms with Crippen LogP contribution in [-0.4, -0.2) is 6.54 Å². The van der Waals surface area contributed by atoms with Gasteiger partial charge >= 0.3 is 0 Å². The second kappa shape index (κ2) is 6.53. The van der Waals surface area contributed by atoms with Gasteiger partial charge in [0.05, 0.1) is 0 Å². The van der Waals surface area contributed by atoms with Crippen molar-refractivity contribution in [3.8, 4) is 0 Å². The Bertz CT molecular complexity index is 551. The van der Waals surface area contributed by atoms with Crippen molar-refractivity contribution in [2.24, 2.45) is 5.73 Å². The Hall–Kier alpha value is -1.87. The van der Waals surface area contributed by atoms with E-state index in [0.717, 1.165) is 29.9 Å². The normalized spacial score (nSPS) is 12.2. The molecule has 0 spiro atoms. The Labute approximate surface area is 120 Å². The van der Waals surface area contributed by atoms with Gasteiger partial charge in [0.1, 0.15) is 5.82 Å². The molecule has 20 heavy (non-hydrogen) atoms. The number of rotatable bonds is 5. The molecule has 0 bridgehead atoms. The summed E-state index contributed by atoms with van der Waals surface area (Å²) in [5.41, 5.74) is 9.40. The summed E-state index contributed by atoms with van der Waals surface area (Å²) in [4.78, 5) is 2.16. The maximum atomic E-state index is 13.1. The van der Waals surface area contributed by atoms with Gasteiger partial charge < -0.3 is 10.6 Å². The van der Waals surface area contributed by atoms with Crippen LogP contribution in [0.1, 0.15) is 31.9 Å². The molecule has 1 atom stereocenters. The van der Waals surface area contributed by atoms with E-state index < -0.39 is 0 Å². The first kappa shape index (κ1) is 14.5. The van der Waals surface area contributed by atoms with E-state index in [1.807, 2.05) is 12.1 Å². The SMILES string of the molecule is CCC(N)c1ccccc1N(CC)c1ccc(F)cc1. The molecule has 2 nitrogen and oxygen atoms in total. The zero-order valence-corrected chi connectivity index (χ0v) is 12.0. The summed E-state index contributed by atoms with van der Waals surface area (Å²) in [7, 11) is 0. The molecule has 1 unspecified atom stereocenters. The Morgan fingerprint density at radius 3 is 2.30 bits per heavy atom. The van der Waals surface area contributed by atoms with Crippen LogP contribution < -0.4 is 10.6 Å². The van der Waals surface area contributed by atoms with Crippen LogP contribution >= 0.6 is 0 Å². The molecule has 0 amide bonds. The molecule has 0 aliphatic rings. The molecule has 0 saturated carbocycles. The number of benzene rings is 2. The average molecular weight is 272 g/mol. The van der Waals surface area contributed by atoms with Crippen LogP contribution in [0.15, 0.2) is 48.5 Å². The molecule has 106 valence electrons. The first-order valence-electron chi connectivity index (χ1n) is 7.05. The van der Waals surface area contributed by atoms with E-state index in [4.69, 9.17) is 5.73 Å². The van der Waals surface area contributed by atoms with Gasteiger partial charge in [-0.1, -0.05) is 25.1 Å². The fourth-order valence-corrected chi connectivity index (χ4v) is 2.38. The van der Waals surface area contributed by atoms with E-state index in [0.29, 0.717) is 0 Å². The lowest BCUT2D eigenvalue weighted by Crippen LogP contribution is -2.20. The summed E-state index contributed by atoms with van der Waals surface area (Å²) >= 11 is 0. The Kier molecular flexibility index (Phi) is 4.74. The highest BCUT2D eigenvalue weighted by atomic mass is 19.1. The first-order valence-corrected chi connectivity index (χ1v) is 7.05. The largest absolute Gasteiger partial charge is 0.341 e. The number of nitrogens with zero attached hydrogens (tertiary/aromatic N) is 1. The van der Waals surface area contributed by atoms with Gasteiger partial charge in [-0.05, 0) is 49.2 Å². The van der Waals surface area contributed by atoms with Gasteiger partial charge in [0, 0.05) is 24.0 Å². The van der Waals surface area contributed by atoms with Crippen molar-refractivity contribution in [3.63, 3.8) is 0 Å². The van der Waals surface area contributed by atoms with E-state index in [9.17, 15) is 4.39 Å². The van der Waals surface area contributed by atoms with Gasteiger partial charge in [-0.15, -0.1) is 0 Å². The van der Waals surface area contributed by atoms with Crippen molar-refractivity contribution in [1.29, 1.82) is 0 Å². The maximum Gasteiger partial charge on any atom is 0.123 e. The number of hydrogen-bond donors (Lipinski definition) is 1. The van der Waals surface area contributed by atoms with Gasteiger partial charge in [0.25, 0.3) is 0 Å². The van der Waals surface area contributed by atoms with Crippen molar-refractivity contribution in [2.75, 3.05) is 11.4 Å². The first-order chi connectivity index (χ1) is 9.67. The van der Waals surface area contributed by atoms with Gasteiger partial charge in [-0.3, -0.25) is 0 Å². The molecule has 2 aromatic rings. The monoisotopic (exact) mass is 272 g/mol. The number of nitrogens with two attached hydrogens (primary N) is 1. The average Bonchev–Trinajstić information content (AvgIpc) is 2.49. The summed E-state index contributed by atoms with van der Waals surface area (Å²) in [6.45, 7) is 4.96. The zero-order chi connectivity index (χ0) is 14.5. The van der Waals surface area contributed by atoms with Crippen molar-refractivity contribution >= 4 is 11.4 Å². The van der Waals surface area contributed by atoms with Crippen LogP contribution in [0.5, 0.6) is 0 Å². The number of halogens is 1. The topological polar surface area (TPSA) is 29.3 Å². The predicted molar refractivity (Wildman–Crippen MR) is 82.7 cm³/mol. The highest BCUT2D eigenvalue weighted by Crippen LogP contribution is 2.32. The lowest BCUT2D eigenvalue weighted by atomic mass is 10.0. The summed E-state index contributed by atoms with van der Waals surface area (Å²) in [6, 6.07) is 14.7. The molecule has 2 N–H and O–H groups in total. The molecule has 0 heterocycles. The third kappa shape index (κ3) is 2.99. The lowest BCUT2D eigenvalue weighted by Gasteiger charge is -2.27. The zero-order valence-electron chi connectivity index (χ0n) is 12.0.